The highest BCUT2D eigenvalue weighted by molar-refractivity contribution is 6.08. The summed E-state index contributed by atoms with van der Waals surface area (Å²) in [4.78, 5) is 14.4. The number of anilines is 1. The number of H-pyrrole nitrogens is 1. The van der Waals surface area contributed by atoms with Crippen molar-refractivity contribution in [1.29, 1.82) is 10.5 Å². The first kappa shape index (κ1) is 24.6. The van der Waals surface area contributed by atoms with Crippen LogP contribution in [0.5, 0.6) is 0 Å². The van der Waals surface area contributed by atoms with Crippen molar-refractivity contribution in [3.63, 3.8) is 0 Å². The van der Waals surface area contributed by atoms with Gasteiger partial charge in [-0.1, -0.05) is 13.0 Å². The number of hydrogen-bond donors (Lipinski definition) is 2. The van der Waals surface area contributed by atoms with Crippen LogP contribution in [0, 0.1) is 40.1 Å². The van der Waals surface area contributed by atoms with Crippen LogP contribution in [-0.2, 0) is 6.42 Å². The first-order valence-corrected chi connectivity index (χ1v) is 11.1. The van der Waals surface area contributed by atoms with Crippen LogP contribution in [0.1, 0.15) is 48.2 Å². The molecule has 0 atom stereocenters. The van der Waals surface area contributed by atoms with E-state index in [-0.39, 0.29) is 45.4 Å². The van der Waals surface area contributed by atoms with Gasteiger partial charge in [0.2, 0.25) is 0 Å². The van der Waals surface area contributed by atoms with Gasteiger partial charge in [0.05, 0.1) is 34.7 Å². The van der Waals surface area contributed by atoms with Crippen molar-refractivity contribution in [2.24, 2.45) is 0 Å². The third kappa shape index (κ3) is 3.68. The predicted octanol–water partition coefficient (Wildman–Crippen LogP) is 5.42. The number of hydrogen-bond acceptors (Lipinski definition) is 5. The van der Waals surface area contributed by atoms with E-state index in [4.69, 9.17) is 0 Å². The molecule has 1 amide bonds. The van der Waals surface area contributed by atoms with Crippen molar-refractivity contribution in [2.75, 3.05) is 12.4 Å². The SMILES string of the molecule is CCc1c(F)c(C2C(C#N)=C(C)N(C)C(C)=C2C#N)cc2c(NC(=O)c3c(F)cccc3F)n[nH]c12. The van der Waals surface area contributed by atoms with Crippen molar-refractivity contribution in [2.45, 2.75) is 33.1 Å². The Morgan fingerprint density at radius 3 is 2.25 bits per heavy atom. The van der Waals surface area contributed by atoms with Crippen LogP contribution in [0.3, 0.4) is 0 Å². The number of nitrogens with zero attached hydrogens (tertiary/aromatic N) is 4. The van der Waals surface area contributed by atoms with E-state index in [2.05, 4.69) is 27.7 Å². The van der Waals surface area contributed by atoms with Crippen LogP contribution in [0.25, 0.3) is 10.9 Å². The van der Waals surface area contributed by atoms with Gasteiger partial charge in [-0.3, -0.25) is 9.89 Å². The van der Waals surface area contributed by atoms with E-state index in [9.17, 15) is 24.1 Å². The molecule has 2 heterocycles. The van der Waals surface area contributed by atoms with Gasteiger partial charge in [0, 0.05) is 35.0 Å². The van der Waals surface area contributed by atoms with E-state index in [1.807, 2.05) is 0 Å². The highest BCUT2D eigenvalue weighted by Crippen LogP contribution is 2.43. The predicted molar refractivity (Wildman–Crippen MR) is 127 cm³/mol. The third-order valence-electron chi connectivity index (χ3n) is 6.61. The summed E-state index contributed by atoms with van der Waals surface area (Å²) in [6, 6.07) is 8.69. The zero-order valence-corrected chi connectivity index (χ0v) is 19.9. The zero-order chi connectivity index (χ0) is 26.3. The largest absolute Gasteiger partial charge is 0.350 e. The summed E-state index contributed by atoms with van der Waals surface area (Å²) >= 11 is 0. The number of aromatic amines is 1. The number of aromatic nitrogens is 2. The zero-order valence-electron chi connectivity index (χ0n) is 19.9. The second-order valence-corrected chi connectivity index (χ2v) is 8.37. The average Bonchev–Trinajstić information content (AvgIpc) is 3.24. The minimum atomic E-state index is -1.07. The van der Waals surface area contributed by atoms with Crippen LogP contribution in [-0.4, -0.2) is 28.1 Å². The first-order chi connectivity index (χ1) is 17.2. The van der Waals surface area contributed by atoms with Crippen molar-refractivity contribution in [3.05, 3.63) is 80.9 Å². The number of benzene rings is 2. The molecular formula is C26H21F3N6O. The molecule has 4 rings (SSSR count). The summed E-state index contributed by atoms with van der Waals surface area (Å²) in [5.41, 5.74) is 1.38. The Balaban J connectivity index is 1.93. The second kappa shape index (κ2) is 9.23. The Bertz CT molecular complexity index is 1510. The summed E-state index contributed by atoms with van der Waals surface area (Å²) in [7, 11) is 1.72. The summed E-state index contributed by atoms with van der Waals surface area (Å²) in [6.45, 7) is 5.16. The van der Waals surface area contributed by atoms with Crippen LogP contribution in [0.2, 0.25) is 0 Å². The van der Waals surface area contributed by atoms with Gasteiger partial charge in [-0.15, -0.1) is 0 Å². The molecule has 182 valence electrons. The molecule has 36 heavy (non-hydrogen) atoms. The van der Waals surface area contributed by atoms with Crippen LogP contribution in [0.15, 0.2) is 46.8 Å². The maximum atomic E-state index is 15.9. The Labute approximate surface area is 205 Å². The van der Waals surface area contributed by atoms with E-state index in [0.29, 0.717) is 11.4 Å². The van der Waals surface area contributed by atoms with Gasteiger partial charge < -0.3 is 10.2 Å². The molecule has 0 spiro atoms. The van der Waals surface area contributed by atoms with E-state index in [0.717, 1.165) is 18.2 Å². The lowest BCUT2D eigenvalue weighted by molar-refractivity contribution is 0.101. The molecule has 7 nitrogen and oxygen atoms in total. The van der Waals surface area contributed by atoms with Gasteiger partial charge in [0.15, 0.2) is 5.82 Å². The number of carbonyl (C=O) groups is 1. The normalized spacial score (nSPS) is 14.3. The van der Waals surface area contributed by atoms with Gasteiger partial charge in [0.1, 0.15) is 23.0 Å². The molecule has 0 aliphatic carbocycles. The molecule has 0 bridgehead atoms. The molecule has 0 unspecified atom stereocenters. The fraction of sp³-hybridized carbons (Fsp3) is 0.231. The highest BCUT2D eigenvalue weighted by Gasteiger charge is 2.35. The van der Waals surface area contributed by atoms with Crippen molar-refractivity contribution >= 4 is 22.6 Å². The van der Waals surface area contributed by atoms with E-state index < -0.39 is 34.8 Å². The summed E-state index contributed by atoms with van der Waals surface area (Å²) in [5, 5.41) is 29.2. The van der Waals surface area contributed by atoms with Crippen LogP contribution in [0.4, 0.5) is 19.0 Å². The lowest BCUT2D eigenvalue weighted by Crippen LogP contribution is -2.26. The topological polar surface area (TPSA) is 109 Å². The molecule has 1 aliphatic heterocycles. The maximum absolute atomic E-state index is 15.9. The van der Waals surface area contributed by atoms with Crippen molar-refractivity contribution in [3.8, 4) is 12.1 Å². The minimum Gasteiger partial charge on any atom is -0.350 e. The fourth-order valence-electron chi connectivity index (χ4n) is 4.52. The summed E-state index contributed by atoms with van der Waals surface area (Å²) < 4.78 is 44.2. The summed E-state index contributed by atoms with van der Waals surface area (Å²) in [5.74, 6) is -4.81. The number of halogens is 3. The van der Waals surface area contributed by atoms with E-state index in [1.54, 1.807) is 32.7 Å². The lowest BCUT2D eigenvalue weighted by atomic mass is 9.79. The Morgan fingerprint density at radius 2 is 1.72 bits per heavy atom. The second-order valence-electron chi connectivity index (χ2n) is 8.37. The third-order valence-corrected chi connectivity index (χ3v) is 6.61. The smallest absolute Gasteiger partial charge is 0.262 e. The van der Waals surface area contributed by atoms with Gasteiger partial charge in [-0.2, -0.15) is 15.6 Å². The Morgan fingerprint density at radius 1 is 1.14 bits per heavy atom. The first-order valence-electron chi connectivity index (χ1n) is 11.1. The number of rotatable bonds is 4. The Kier molecular flexibility index (Phi) is 6.30. The number of aryl methyl sites for hydroxylation is 1. The van der Waals surface area contributed by atoms with Crippen molar-refractivity contribution < 1.29 is 18.0 Å². The van der Waals surface area contributed by atoms with E-state index in [1.165, 1.54) is 6.07 Å². The molecule has 0 saturated carbocycles. The van der Waals surface area contributed by atoms with Gasteiger partial charge >= 0.3 is 0 Å². The molecular weight excluding hydrogens is 469 g/mol. The molecule has 2 N–H and O–H groups in total. The molecule has 10 heteroatoms. The molecule has 1 aromatic heterocycles. The number of carbonyl (C=O) groups excluding carboxylic acids is 1. The number of amides is 1. The number of allylic oxidation sites excluding steroid dienone is 4. The summed E-state index contributed by atoms with van der Waals surface area (Å²) in [6.07, 6.45) is 0.232. The molecule has 2 aromatic carbocycles. The molecule has 1 aliphatic rings. The number of fused-ring (bicyclic) bond motifs is 1. The van der Waals surface area contributed by atoms with Gasteiger partial charge in [-0.25, -0.2) is 13.2 Å². The fourth-order valence-corrected chi connectivity index (χ4v) is 4.52. The Hall–Kier alpha value is -4.57. The number of nitrogens with one attached hydrogen (secondary N) is 2. The van der Waals surface area contributed by atoms with Crippen molar-refractivity contribution in [1.82, 2.24) is 15.1 Å². The number of nitriles is 2. The van der Waals surface area contributed by atoms with Gasteiger partial charge in [0.25, 0.3) is 5.91 Å². The standard InChI is InChI=1S/C26H21F3N6O/c1-5-14-23(29)15(21-17(10-30)12(2)35(4)13(3)18(21)11-31)9-16-24(14)33-34-25(16)32-26(36)22-19(27)7-6-8-20(22)28/h6-9,21H,5H2,1-4H3,(H2,32,33,34,36). The highest BCUT2D eigenvalue weighted by atomic mass is 19.1. The van der Waals surface area contributed by atoms with Gasteiger partial charge in [-0.05, 0) is 38.5 Å². The quantitative estimate of drug-likeness (QED) is 0.508. The van der Waals surface area contributed by atoms with E-state index >= 15 is 4.39 Å². The van der Waals surface area contributed by atoms with Crippen LogP contribution < -0.4 is 5.32 Å². The lowest BCUT2D eigenvalue weighted by Gasteiger charge is -2.33. The monoisotopic (exact) mass is 490 g/mol. The maximum Gasteiger partial charge on any atom is 0.262 e. The average molecular weight is 490 g/mol. The molecule has 0 saturated heterocycles. The van der Waals surface area contributed by atoms with Crippen LogP contribution >= 0.6 is 0 Å². The molecule has 3 aromatic rings. The molecule has 0 radical (unpaired) electrons. The molecule has 0 fully saturated rings. The minimum absolute atomic E-state index is 0.0632.